The van der Waals surface area contributed by atoms with Crippen molar-refractivity contribution < 1.29 is 18.3 Å². The van der Waals surface area contributed by atoms with E-state index >= 15 is 0 Å². The quantitative estimate of drug-likeness (QED) is 0.618. The SMILES string of the molecule is Cn1cc(S(=O)(=O)Nc2ccc(C(C#N)c3ccccc3)c(Cl)c2)cc1C(=O)O. The molecule has 0 aliphatic rings. The van der Waals surface area contributed by atoms with E-state index in [9.17, 15) is 18.5 Å². The number of anilines is 1. The third kappa shape index (κ3) is 4.26. The molecular weight excluding hydrogens is 414 g/mol. The fraction of sp³-hybridized carbons (Fsp3) is 0.100. The molecular formula is C20H16ClN3O4S. The van der Waals surface area contributed by atoms with Gasteiger partial charge in [-0.25, -0.2) is 13.2 Å². The number of aromatic carboxylic acids is 1. The molecule has 0 aliphatic carbocycles. The summed E-state index contributed by atoms with van der Waals surface area (Å²) in [6, 6.07) is 16.9. The van der Waals surface area contributed by atoms with Gasteiger partial charge in [0.2, 0.25) is 0 Å². The summed E-state index contributed by atoms with van der Waals surface area (Å²) in [4.78, 5) is 10.9. The Kier molecular flexibility index (Phi) is 5.64. The molecule has 9 heteroatoms. The van der Waals surface area contributed by atoms with Crippen molar-refractivity contribution in [3.63, 3.8) is 0 Å². The topological polar surface area (TPSA) is 112 Å². The van der Waals surface area contributed by atoms with Crippen LogP contribution in [0.2, 0.25) is 5.02 Å². The molecule has 0 aliphatic heterocycles. The zero-order chi connectivity index (χ0) is 21.2. The minimum absolute atomic E-state index is 0.154. The van der Waals surface area contributed by atoms with Gasteiger partial charge in [-0.3, -0.25) is 4.72 Å². The van der Waals surface area contributed by atoms with Gasteiger partial charge in [0.05, 0.1) is 17.7 Å². The molecule has 1 aromatic heterocycles. The third-order valence-electron chi connectivity index (χ3n) is 4.33. The second-order valence-corrected chi connectivity index (χ2v) is 8.38. The highest BCUT2D eigenvalue weighted by atomic mass is 35.5. The van der Waals surface area contributed by atoms with Crippen molar-refractivity contribution in [3.8, 4) is 6.07 Å². The first-order valence-corrected chi connectivity index (χ1v) is 10.3. The van der Waals surface area contributed by atoms with Gasteiger partial charge in [-0.2, -0.15) is 5.26 Å². The fourth-order valence-electron chi connectivity index (χ4n) is 2.90. The fourth-order valence-corrected chi connectivity index (χ4v) is 4.31. The third-order valence-corrected chi connectivity index (χ3v) is 6.01. The second-order valence-electron chi connectivity index (χ2n) is 6.29. The number of rotatable bonds is 6. The normalized spacial score (nSPS) is 12.2. The number of hydrogen-bond donors (Lipinski definition) is 2. The number of benzene rings is 2. The summed E-state index contributed by atoms with van der Waals surface area (Å²) in [5.74, 6) is -1.83. The van der Waals surface area contributed by atoms with Crippen molar-refractivity contribution in [3.05, 3.63) is 82.6 Å². The van der Waals surface area contributed by atoms with Crippen LogP contribution in [-0.4, -0.2) is 24.1 Å². The smallest absolute Gasteiger partial charge is 0.352 e. The Morgan fingerprint density at radius 1 is 1.21 bits per heavy atom. The molecule has 0 spiro atoms. The number of aryl methyl sites for hydroxylation is 1. The highest BCUT2D eigenvalue weighted by molar-refractivity contribution is 7.92. The molecule has 0 amide bonds. The van der Waals surface area contributed by atoms with Gasteiger partial charge in [-0.1, -0.05) is 48.0 Å². The summed E-state index contributed by atoms with van der Waals surface area (Å²) < 4.78 is 28.8. The molecule has 2 N–H and O–H groups in total. The zero-order valence-corrected chi connectivity index (χ0v) is 16.8. The Labute approximate surface area is 172 Å². The van der Waals surface area contributed by atoms with Gasteiger partial charge < -0.3 is 9.67 Å². The maximum absolute atomic E-state index is 12.6. The molecule has 0 radical (unpaired) electrons. The van der Waals surface area contributed by atoms with Gasteiger partial charge >= 0.3 is 5.97 Å². The molecule has 29 heavy (non-hydrogen) atoms. The van der Waals surface area contributed by atoms with E-state index < -0.39 is 21.9 Å². The minimum Gasteiger partial charge on any atom is -0.477 e. The van der Waals surface area contributed by atoms with Gasteiger partial charge in [-0.15, -0.1) is 0 Å². The standard InChI is InChI=1S/C20H16ClN3O4S/c1-24-12-15(10-19(24)20(25)26)29(27,28)23-14-7-8-16(18(21)9-14)17(11-22)13-5-3-2-4-6-13/h2-10,12,17,23H,1H3,(H,25,26). The maximum Gasteiger partial charge on any atom is 0.352 e. The Balaban J connectivity index is 1.90. The predicted octanol–water partition coefficient (Wildman–Crippen LogP) is 3.83. The van der Waals surface area contributed by atoms with Crippen LogP contribution in [0.1, 0.15) is 27.5 Å². The minimum atomic E-state index is -4.01. The highest BCUT2D eigenvalue weighted by Gasteiger charge is 2.22. The van der Waals surface area contributed by atoms with Crippen LogP contribution in [0, 0.1) is 11.3 Å². The highest BCUT2D eigenvalue weighted by Crippen LogP contribution is 2.32. The number of nitrogens with zero attached hydrogens (tertiary/aromatic N) is 2. The van der Waals surface area contributed by atoms with E-state index in [1.165, 1.54) is 29.9 Å². The van der Waals surface area contributed by atoms with Crippen molar-refractivity contribution >= 4 is 33.3 Å². The van der Waals surface area contributed by atoms with E-state index in [-0.39, 0.29) is 21.3 Å². The Morgan fingerprint density at radius 2 is 1.90 bits per heavy atom. The van der Waals surface area contributed by atoms with Crippen molar-refractivity contribution in [2.45, 2.75) is 10.8 Å². The Morgan fingerprint density at radius 3 is 2.45 bits per heavy atom. The zero-order valence-electron chi connectivity index (χ0n) is 15.2. The van der Waals surface area contributed by atoms with Crippen molar-refractivity contribution in [1.29, 1.82) is 5.26 Å². The molecule has 1 atom stereocenters. The van der Waals surface area contributed by atoms with Gasteiger partial charge in [0.25, 0.3) is 10.0 Å². The van der Waals surface area contributed by atoms with Crippen LogP contribution >= 0.6 is 11.6 Å². The summed E-state index contributed by atoms with van der Waals surface area (Å²) in [6.07, 6.45) is 1.21. The maximum atomic E-state index is 12.6. The monoisotopic (exact) mass is 429 g/mol. The number of carboxylic acids is 1. The molecule has 7 nitrogen and oxygen atoms in total. The van der Waals surface area contributed by atoms with E-state index in [0.29, 0.717) is 5.56 Å². The van der Waals surface area contributed by atoms with Crippen LogP contribution in [0.25, 0.3) is 0 Å². The van der Waals surface area contributed by atoms with Crippen LogP contribution in [0.4, 0.5) is 5.69 Å². The molecule has 3 aromatic rings. The van der Waals surface area contributed by atoms with Gasteiger partial charge in [0.15, 0.2) is 0 Å². The first-order valence-electron chi connectivity index (χ1n) is 8.39. The molecule has 3 rings (SSSR count). The summed E-state index contributed by atoms with van der Waals surface area (Å²) in [6.45, 7) is 0. The number of carboxylic acid groups (broad SMARTS) is 1. The number of sulfonamides is 1. The van der Waals surface area contributed by atoms with Crippen molar-refractivity contribution in [1.82, 2.24) is 4.57 Å². The number of carbonyl (C=O) groups is 1. The van der Waals surface area contributed by atoms with Gasteiger partial charge in [-0.05, 0) is 29.3 Å². The van der Waals surface area contributed by atoms with E-state index in [0.717, 1.165) is 11.6 Å². The predicted molar refractivity (Wildman–Crippen MR) is 109 cm³/mol. The van der Waals surface area contributed by atoms with Crippen molar-refractivity contribution in [2.75, 3.05) is 4.72 Å². The lowest BCUT2D eigenvalue weighted by Crippen LogP contribution is -2.12. The van der Waals surface area contributed by atoms with Crippen LogP contribution in [-0.2, 0) is 17.1 Å². The van der Waals surface area contributed by atoms with Gasteiger partial charge in [0, 0.05) is 18.3 Å². The molecule has 0 fully saturated rings. The first-order chi connectivity index (χ1) is 13.7. The summed E-state index contributed by atoms with van der Waals surface area (Å²) in [5.41, 5.74) is 1.37. The lowest BCUT2D eigenvalue weighted by atomic mass is 9.92. The molecule has 148 valence electrons. The van der Waals surface area contributed by atoms with Crippen LogP contribution < -0.4 is 4.72 Å². The number of halogens is 1. The number of aromatic nitrogens is 1. The molecule has 0 bridgehead atoms. The average Bonchev–Trinajstić information content (AvgIpc) is 3.08. The largest absolute Gasteiger partial charge is 0.477 e. The Hall–Kier alpha value is -3.28. The number of hydrogen-bond acceptors (Lipinski definition) is 4. The van der Waals surface area contributed by atoms with Crippen LogP contribution in [0.5, 0.6) is 0 Å². The Bertz CT molecular complexity index is 1210. The second kappa shape index (κ2) is 7.99. The van der Waals surface area contributed by atoms with E-state index in [1.807, 2.05) is 30.3 Å². The molecule has 0 saturated heterocycles. The number of nitrogens with one attached hydrogen (secondary N) is 1. The van der Waals surface area contributed by atoms with Crippen LogP contribution in [0.15, 0.2) is 65.7 Å². The molecule has 2 aromatic carbocycles. The van der Waals surface area contributed by atoms with E-state index in [4.69, 9.17) is 16.7 Å². The summed E-state index contributed by atoms with van der Waals surface area (Å²) >= 11 is 6.33. The van der Waals surface area contributed by atoms with E-state index in [2.05, 4.69) is 10.8 Å². The number of nitriles is 1. The molecule has 1 unspecified atom stereocenters. The molecule has 0 saturated carbocycles. The summed E-state index contributed by atoms with van der Waals surface area (Å²) in [7, 11) is -2.57. The lowest BCUT2D eigenvalue weighted by Gasteiger charge is -2.14. The lowest BCUT2D eigenvalue weighted by molar-refractivity contribution is 0.0686. The van der Waals surface area contributed by atoms with Crippen molar-refractivity contribution in [2.24, 2.45) is 7.05 Å². The van der Waals surface area contributed by atoms with E-state index in [1.54, 1.807) is 6.07 Å². The molecule has 1 heterocycles. The van der Waals surface area contributed by atoms with Gasteiger partial charge in [0.1, 0.15) is 10.6 Å². The first kappa shape index (κ1) is 20.5. The van der Waals surface area contributed by atoms with Crippen LogP contribution in [0.3, 0.4) is 0 Å². The average molecular weight is 430 g/mol. The summed E-state index contributed by atoms with van der Waals surface area (Å²) in [5, 5.41) is 18.9.